The fraction of sp³-hybridized carbons (Fsp3) is 0.600. The molecule has 0 unspecified atom stereocenters. The number of benzene rings is 1. The summed E-state index contributed by atoms with van der Waals surface area (Å²) >= 11 is 0. The molecular formula is C15H22N2. The second-order valence-electron chi connectivity index (χ2n) is 5.35. The Labute approximate surface area is 104 Å². The number of nitrogens with one attached hydrogen (secondary N) is 1. The van der Waals surface area contributed by atoms with Crippen molar-refractivity contribution in [1.82, 2.24) is 5.32 Å². The van der Waals surface area contributed by atoms with Crippen LogP contribution in [0.2, 0.25) is 0 Å². The Kier molecular flexibility index (Phi) is 2.83. The highest BCUT2D eigenvalue weighted by molar-refractivity contribution is 5.66. The van der Waals surface area contributed by atoms with Crippen molar-refractivity contribution < 1.29 is 0 Å². The fourth-order valence-electron chi connectivity index (χ4n) is 3.68. The summed E-state index contributed by atoms with van der Waals surface area (Å²) in [6.07, 6.45) is 4.15. The van der Waals surface area contributed by atoms with Crippen molar-refractivity contribution in [3.8, 4) is 0 Å². The van der Waals surface area contributed by atoms with E-state index in [2.05, 4.69) is 42.4 Å². The van der Waals surface area contributed by atoms with Crippen LogP contribution in [0.25, 0.3) is 0 Å². The van der Waals surface area contributed by atoms with Crippen LogP contribution in [0.1, 0.15) is 43.2 Å². The first kappa shape index (κ1) is 11.1. The second kappa shape index (κ2) is 4.34. The van der Waals surface area contributed by atoms with Gasteiger partial charge in [-0.2, -0.15) is 0 Å². The van der Waals surface area contributed by atoms with Crippen molar-refractivity contribution in [2.75, 3.05) is 18.5 Å². The summed E-state index contributed by atoms with van der Waals surface area (Å²) in [5, 5.41) is 3.45. The number of hydrogen-bond acceptors (Lipinski definition) is 2. The third-order valence-corrected chi connectivity index (χ3v) is 4.45. The van der Waals surface area contributed by atoms with E-state index in [-0.39, 0.29) is 0 Å². The van der Waals surface area contributed by atoms with Crippen LogP contribution in [0.5, 0.6) is 0 Å². The highest BCUT2D eigenvalue weighted by Crippen LogP contribution is 2.49. The Morgan fingerprint density at radius 2 is 2.24 bits per heavy atom. The predicted molar refractivity (Wildman–Crippen MR) is 72.6 cm³/mol. The molecule has 2 atom stereocenters. The average molecular weight is 230 g/mol. The molecular weight excluding hydrogens is 208 g/mol. The Morgan fingerprint density at radius 3 is 3.06 bits per heavy atom. The summed E-state index contributed by atoms with van der Waals surface area (Å²) in [4.78, 5) is 2.54. The average Bonchev–Trinajstić information content (AvgIpc) is 2.91. The van der Waals surface area contributed by atoms with Crippen molar-refractivity contribution in [3.05, 3.63) is 29.3 Å². The molecule has 92 valence electrons. The molecule has 17 heavy (non-hydrogen) atoms. The summed E-state index contributed by atoms with van der Waals surface area (Å²) in [6, 6.07) is 7.63. The molecule has 2 heteroatoms. The Bertz CT molecular complexity index is 413. The van der Waals surface area contributed by atoms with E-state index in [1.807, 2.05) is 0 Å². The smallest absolute Gasteiger partial charge is 0.0448 e. The van der Waals surface area contributed by atoms with E-state index in [0.717, 1.165) is 25.0 Å². The summed E-state index contributed by atoms with van der Waals surface area (Å²) in [7, 11) is 2.28. The summed E-state index contributed by atoms with van der Waals surface area (Å²) in [5.74, 6) is 0.802. The topological polar surface area (TPSA) is 15.3 Å². The quantitative estimate of drug-likeness (QED) is 0.859. The summed E-state index contributed by atoms with van der Waals surface area (Å²) in [5.41, 5.74) is 4.59. The van der Waals surface area contributed by atoms with Gasteiger partial charge in [-0.25, -0.2) is 0 Å². The van der Waals surface area contributed by atoms with Gasteiger partial charge in [0.15, 0.2) is 0 Å². The molecule has 0 amide bonds. The Hall–Kier alpha value is -1.02. The molecule has 0 radical (unpaired) electrons. The van der Waals surface area contributed by atoms with Crippen LogP contribution < -0.4 is 10.2 Å². The lowest BCUT2D eigenvalue weighted by molar-refractivity contribution is 0.623. The minimum Gasteiger partial charge on any atom is -0.371 e. The molecule has 1 fully saturated rings. The van der Waals surface area contributed by atoms with Crippen molar-refractivity contribution in [2.45, 2.75) is 44.7 Å². The lowest BCUT2D eigenvalue weighted by Gasteiger charge is -2.23. The molecule has 3 rings (SSSR count). The molecule has 0 saturated heterocycles. The zero-order chi connectivity index (χ0) is 11.8. The highest BCUT2D eigenvalue weighted by Gasteiger charge is 2.40. The maximum absolute atomic E-state index is 3.45. The van der Waals surface area contributed by atoms with Gasteiger partial charge in [0.05, 0.1) is 0 Å². The van der Waals surface area contributed by atoms with Crippen LogP contribution >= 0.6 is 0 Å². The number of rotatable bonds is 3. The van der Waals surface area contributed by atoms with E-state index in [1.165, 1.54) is 30.5 Å². The van der Waals surface area contributed by atoms with E-state index < -0.39 is 0 Å². The van der Waals surface area contributed by atoms with Crippen molar-refractivity contribution >= 4 is 5.69 Å². The van der Waals surface area contributed by atoms with Crippen LogP contribution in [0.3, 0.4) is 0 Å². The molecule has 1 N–H and O–H groups in total. The Balaban J connectivity index is 1.98. The van der Waals surface area contributed by atoms with Gasteiger partial charge in [-0.05, 0) is 30.5 Å². The van der Waals surface area contributed by atoms with Crippen molar-refractivity contribution in [2.24, 2.45) is 0 Å². The van der Waals surface area contributed by atoms with Crippen LogP contribution in [-0.4, -0.2) is 19.6 Å². The molecule has 1 aliphatic heterocycles. The van der Waals surface area contributed by atoms with Crippen LogP contribution in [0.4, 0.5) is 5.69 Å². The van der Waals surface area contributed by atoms with Gasteiger partial charge in [-0.1, -0.05) is 31.5 Å². The molecule has 0 spiro atoms. The maximum Gasteiger partial charge on any atom is 0.0448 e. The minimum absolute atomic E-state index is 0.771. The highest BCUT2D eigenvalue weighted by atomic mass is 15.2. The van der Waals surface area contributed by atoms with E-state index in [9.17, 15) is 0 Å². The van der Waals surface area contributed by atoms with Crippen molar-refractivity contribution in [1.29, 1.82) is 0 Å². The molecule has 0 aromatic heterocycles. The first-order valence-corrected chi connectivity index (χ1v) is 6.88. The van der Waals surface area contributed by atoms with E-state index in [1.54, 1.807) is 5.56 Å². The normalized spacial score (nSPS) is 26.1. The molecule has 1 aliphatic carbocycles. The van der Waals surface area contributed by atoms with Crippen molar-refractivity contribution in [3.63, 3.8) is 0 Å². The SMILES string of the molecule is CCNCc1cccc2c1N(C)[C@@H]1CCC[C@H]21. The van der Waals surface area contributed by atoms with Gasteiger partial charge in [0.25, 0.3) is 0 Å². The first-order valence-electron chi connectivity index (χ1n) is 6.88. The lowest BCUT2D eigenvalue weighted by atomic mass is 9.96. The number of fused-ring (bicyclic) bond motifs is 3. The Morgan fingerprint density at radius 1 is 1.35 bits per heavy atom. The minimum atomic E-state index is 0.771. The standard InChI is InChI=1S/C15H22N2/c1-3-16-10-11-6-4-8-13-12-7-5-9-14(12)17(2)15(11)13/h4,6,8,12,14,16H,3,5,7,9-10H2,1-2H3/t12-,14-/m1/s1. The molecule has 2 nitrogen and oxygen atoms in total. The van der Waals surface area contributed by atoms with Gasteiger partial charge in [-0.3, -0.25) is 0 Å². The number of nitrogens with zero attached hydrogens (tertiary/aromatic N) is 1. The van der Waals surface area contributed by atoms with Gasteiger partial charge in [0.1, 0.15) is 0 Å². The fourth-order valence-corrected chi connectivity index (χ4v) is 3.68. The number of anilines is 1. The molecule has 0 bridgehead atoms. The summed E-state index contributed by atoms with van der Waals surface area (Å²) < 4.78 is 0. The van der Waals surface area contributed by atoms with Crippen LogP contribution in [-0.2, 0) is 6.54 Å². The van der Waals surface area contributed by atoms with E-state index >= 15 is 0 Å². The maximum atomic E-state index is 3.45. The largest absolute Gasteiger partial charge is 0.371 e. The molecule has 2 aliphatic rings. The van der Waals surface area contributed by atoms with Gasteiger partial charge < -0.3 is 10.2 Å². The molecule has 1 saturated carbocycles. The van der Waals surface area contributed by atoms with Crippen LogP contribution in [0, 0.1) is 0 Å². The van der Waals surface area contributed by atoms with E-state index in [0.29, 0.717) is 0 Å². The summed E-state index contributed by atoms with van der Waals surface area (Å²) in [6.45, 7) is 4.21. The van der Waals surface area contributed by atoms with Gasteiger partial charge >= 0.3 is 0 Å². The first-order chi connectivity index (χ1) is 8.33. The second-order valence-corrected chi connectivity index (χ2v) is 5.35. The van der Waals surface area contributed by atoms with Gasteiger partial charge in [-0.15, -0.1) is 0 Å². The third kappa shape index (κ3) is 1.66. The van der Waals surface area contributed by atoms with Gasteiger partial charge in [0, 0.05) is 31.2 Å². The molecule has 1 aromatic rings. The molecule has 1 heterocycles. The predicted octanol–water partition coefficient (Wildman–Crippen LogP) is 2.88. The monoisotopic (exact) mass is 230 g/mol. The third-order valence-electron chi connectivity index (χ3n) is 4.45. The molecule has 1 aromatic carbocycles. The van der Waals surface area contributed by atoms with Crippen LogP contribution in [0.15, 0.2) is 18.2 Å². The number of hydrogen-bond donors (Lipinski definition) is 1. The zero-order valence-corrected chi connectivity index (χ0v) is 10.9. The zero-order valence-electron chi connectivity index (χ0n) is 10.9. The number of para-hydroxylation sites is 1. The lowest BCUT2D eigenvalue weighted by Crippen LogP contribution is -2.27. The van der Waals surface area contributed by atoms with Gasteiger partial charge in [0.2, 0.25) is 0 Å². The number of likely N-dealkylation sites (N-methyl/N-ethyl adjacent to an activating group) is 1. The van der Waals surface area contributed by atoms with E-state index in [4.69, 9.17) is 0 Å².